The zero-order chi connectivity index (χ0) is 16.1. The van der Waals surface area contributed by atoms with Crippen molar-refractivity contribution in [1.29, 1.82) is 0 Å². The van der Waals surface area contributed by atoms with E-state index < -0.39 is 12.0 Å². The van der Waals surface area contributed by atoms with Gasteiger partial charge in [0, 0.05) is 6.54 Å². The zero-order valence-corrected chi connectivity index (χ0v) is 14.1. The number of aryl methyl sites for hydroxylation is 1. The first-order chi connectivity index (χ1) is 10.5. The van der Waals surface area contributed by atoms with Gasteiger partial charge in [-0.3, -0.25) is 4.79 Å². The van der Waals surface area contributed by atoms with E-state index in [0.29, 0.717) is 18.7 Å². The normalized spacial score (nSPS) is 18.1. The number of ether oxygens (including phenoxy) is 1. The molecule has 1 fully saturated rings. The van der Waals surface area contributed by atoms with Crippen molar-refractivity contribution < 1.29 is 19.4 Å². The van der Waals surface area contributed by atoms with Crippen LogP contribution < -0.4 is 4.74 Å². The summed E-state index contributed by atoms with van der Waals surface area (Å²) in [6.07, 6.45) is 2.43. The van der Waals surface area contributed by atoms with Gasteiger partial charge in [-0.05, 0) is 59.8 Å². The maximum Gasteiger partial charge on any atom is 0.326 e. The Labute approximate surface area is 138 Å². The van der Waals surface area contributed by atoms with Gasteiger partial charge in [0.1, 0.15) is 11.8 Å². The second-order valence-electron chi connectivity index (χ2n) is 5.47. The molecule has 5 nitrogen and oxygen atoms in total. The summed E-state index contributed by atoms with van der Waals surface area (Å²) in [5.41, 5.74) is 1.12. The van der Waals surface area contributed by atoms with E-state index in [2.05, 4.69) is 15.9 Å². The summed E-state index contributed by atoms with van der Waals surface area (Å²) >= 11 is 3.42. The highest BCUT2D eigenvalue weighted by atomic mass is 79.9. The van der Waals surface area contributed by atoms with Gasteiger partial charge in [0.15, 0.2) is 0 Å². The lowest BCUT2D eigenvalue weighted by Crippen LogP contribution is -2.48. The van der Waals surface area contributed by atoms with E-state index in [9.17, 15) is 14.7 Å². The first-order valence-corrected chi connectivity index (χ1v) is 8.19. The number of carbonyl (C=O) groups is 2. The number of nitrogens with zero attached hydrogens (tertiary/aromatic N) is 1. The molecule has 22 heavy (non-hydrogen) atoms. The molecular formula is C16H20BrNO4. The maximum atomic E-state index is 12.2. The maximum absolute atomic E-state index is 12.2. The van der Waals surface area contributed by atoms with Crippen LogP contribution in [0.4, 0.5) is 0 Å². The number of piperidine rings is 1. The number of carboxylic acids is 1. The molecule has 1 amide bonds. The van der Waals surface area contributed by atoms with Gasteiger partial charge in [0.05, 0.1) is 17.5 Å². The predicted octanol–water partition coefficient (Wildman–Crippen LogP) is 2.99. The summed E-state index contributed by atoms with van der Waals surface area (Å²) in [4.78, 5) is 24.9. The number of rotatable bonds is 5. The highest BCUT2D eigenvalue weighted by Gasteiger charge is 2.31. The molecule has 1 N–H and O–H groups in total. The van der Waals surface area contributed by atoms with Crippen LogP contribution >= 0.6 is 15.9 Å². The van der Waals surface area contributed by atoms with Crippen molar-refractivity contribution in [2.45, 2.75) is 38.6 Å². The molecule has 120 valence electrons. The molecule has 1 atom stereocenters. The molecule has 1 aliphatic rings. The molecule has 1 unspecified atom stereocenters. The largest absolute Gasteiger partial charge is 0.492 e. The lowest BCUT2D eigenvalue weighted by atomic mass is 10.0. The Bertz CT molecular complexity index is 561. The van der Waals surface area contributed by atoms with Gasteiger partial charge < -0.3 is 14.7 Å². The first kappa shape index (κ1) is 16.8. The van der Waals surface area contributed by atoms with Gasteiger partial charge >= 0.3 is 5.97 Å². The quantitative estimate of drug-likeness (QED) is 0.866. The molecule has 0 spiro atoms. The SMILES string of the molecule is Cc1ccc(OCCC(=O)N2CCCCC2C(=O)O)c(Br)c1. The average Bonchev–Trinajstić information content (AvgIpc) is 2.49. The molecular weight excluding hydrogens is 350 g/mol. The van der Waals surface area contributed by atoms with Crippen molar-refractivity contribution >= 4 is 27.8 Å². The molecule has 2 rings (SSSR count). The molecule has 6 heteroatoms. The van der Waals surface area contributed by atoms with E-state index in [1.807, 2.05) is 25.1 Å². The Morgan fingerprint density at radius 3 is 2.86 bits per heavy atom. The summed E-state index contributed by atoms with van der Waals surface area (Å²) in [5, 5.41) is 9.19. The third kappa shape index (κ3) is 4.22. The van der Waals surface area contributed by atoms with Crippen molar-refractivity contribution in [3.63, 3.8) is 0 Å². The van der Waals surface area contributed by atoms with E-state index in [1.165, 1.54) is 4.90 Å². The van der Waals surface area contributed by atoms with Crippen molar-refractivity contribution in [3.05, 3.63) is 28.2 Å². The molecule has 1 heterocycles. The van der Waals surface area contributed by atoms with E-state index in [0.717, 1.165) is 22.9 Å². The molecule has 0 aromatic heterocycles. The number of aliphatic carboxylic acids is 1. The lowest BCUT2D eigenvalue weighted by molar-refractivity contribution is -0.152. The number of amides is 1. The summed E-state index contributed by atoms with van der Waals surface area (Å²) in [6, 6.07) is 5.05. The average molecular weight is 370 g/mol. The Morgan fingerprint density at radius 2 is 2.18 bits per heavy atom. The standard InChI is InChI=1S/C16H20BrNO4/c1-11-5-6-14(12(17)10-11)22-9-7-15(19)18-8-3-2-4-13(18)16(20)21/h5-6,10,13H,2-4,7-9H2,1H3,(H,20,21). The minimum atomic E-state index is -0.921. The zero-order valence-electron chi connectivity index (χ0n) is 12.5. The minimum absolute atomic E-state index is 0.157. The summed E-state index contributed by atoms with van der Waals surface area (Å²) in [6.45, 7) is 2.74. The topological polar surface area (TPSA) is 66.8 Å². The molecule has 1 aromatic rings. The highest BCUT2D eigenvalue weighted by molar-refractivity contribution is 9.10. The summed E-state index contributed by atoms with van der Waals surface area (Å²) < 4.78 is 6.46. The van der Waals surface area contributed by atoms with Crippen molar-refractivity contribution in [2.75, 3.05) is 13.2 Å². The number of carbonyl (C=O) groups excluding carboxylic acids is 1. The monoisotopic (exact) mass is 369 g/mol. The van der Waals surface area contributed by atoms with E-state index >= 15 is 0 Å². The van der Waals surface area contributed by atoms with Crippen LogP contribution in [-0.2, 0) is 9.59 Å². The van der Waals surface area contributed by atoms with Crippen LogP contribution in [0.25, 0.3) is 0 Å². The number of likely N-dealkylation sites (tertiary alicyclic amines) is 1. The Kier molecular flexibility index (Phi) is 5.83. The minimum Gasteiger partial charge on any atom is -0.492 e. The number of hydrogen-bond donors (Lipinski definition) is 1. The van der Waals surface area contributed by atoms with Crippen molar-refractivity contribution in [2.24, 2.45) is 0 Å². The number of hydrogen-bond acceptors (Lipinski definition) is 3. The van der Waals surface area contributed by atoms with Gasteiger partial charge in [-0.2, -0.15) is 0 Å². The molecule has 0 saturated carbocycles. The third-order valence-corrected chi connectivity index (χ3v) is 4.39. The van der Waals surface area contributed by atoms with Crippen LogP contribution in [0.2, 0.25) is 0 Å². The fraction of sp³-hybridized carbons (Fsp3) is 0.500. The predicted molar refractivity (Wildman–Crippen MR) is 86.0 cm³/mol. The first-order valence-electron chi connectivity index (χ1n) is 7.40. The molecule has 1 saturated heterocycles. The fourth-order valence-electron chi connectivity index (χ4n) is 2.60. The van der Waals surface area contributed by atoms with Gasteiger partial charge in [-0.15, -0.1) is 0 Å². The van der Waals surface area contributed by atoms with Gasteiger partial charge in [0.2, 0.25) is 5.91 Å². The second kappa shape index (κ2) is 7.63. The van der Waals surface area contributed by atoms with Gasteiger partial charge in [0.25, 0.3) is 0 Å². The number of benzene rings is 1. The Balaban J connectivity index is 1.87. The van der Waals surface area contributed by atoms with Gasteiger partial charge in [-0.1, -0.05) is 6.07 Å². The summed E-state index contributed by atoms with van der Waals surface area (Å²) in [5.74, 6) is -0.391. The molecule has 0 bridgehead atoms. The van der Waals surface area contributed by atoms with E-state index in [4.69, 9.17) is 4.74 Å². The molecule has 0 aliphatic carbocycles. The fourth-order valence-corrected chi connectivity index (χ4v) is 3.21. The highest BCUT2D eigenvalue weighted by Crippen LogP contribution is 2.26. The third-order valence-electron chi connectivity index (χ3n) is 3.77. The number of halogens is 1. The van der Waals surface area contributed by atoms with Crippen LogP contribution in [0.15, 0.2) is 22.7 Å². The molecule has 0 radical (unpaired) electrons. The van der Waals surface area contributed by atoms with Crippen LogP contribution in [-0.4, -0.2) is 41.1 Å². The van der Waals surface area contributed by atoms with Crippen LogP contribution in [0.5, 0.6) is 5.75 Å². The van der Waals surface area contributed by atoms with Crippen molar-refractivity contribution in [1.82, 2.24) is 4.90 Å². The van der Waals surface area contributed by atoms with E-state index in [-0.39, 0.29) is 18.9 Å². The van der Waals surface area contributed by atoms with Crippen LogP contribution in [0.1, 0.15) is 31.2 Å². The molecule has 1 aliphatic heterocycles. The Hall–Kier alpha value is -1.56. The smallest absolute Gasteiger partial charge is 0.326 e. The van der Waals surface area contributed by atoms with Crippen LogP contribution in [0, 0.1) is 6.92 Å². The number of carboxylic acid groups (broad SMARTS) is 1. The molecule has 1 aromatic carbocycles. The second-order valence-corrected chi connectivity index (χ2v) is 6.32. The lowest BCUT2D eigenvalue weighted by Gasteiger charge is -2.33. The van der Waals surface area contributed by atoms with Crippen LogP contribution in [0.3, 0.4) is 0 Å². The summed E-state index contributed by atoms with van der Waals surface area (Å²) in [7, 11) is 0. The Morgan fingerprint density at radius 1 is 1.41 bits per heavy atom. The van der Waals surface area contributed by atoms with E-state index in [1.54, 1.807) is 0 Å². The van der Waals surface area contributed by atoms with Gasteiger partial charge in [-0.25, -0.2) is 4.79 Å². The van der Waals surface area contributed by atoms with Crippen molar-refractivity contribution in [3.8, 4) is 5.75 Å².